The first kappa shape index (κ1) is 18.3. The number of hydrogen-bond acceptors (Lipinski definition) is 2. The Kier molecular flexibility index (Phi) is 4.91. The maximum absolute atomic E-state index is 13.1. The predicted octanol–water partition coefficient (Wildman–Crippen LogP) is 5.47. The standard InChI is InChI=1S/C25H25NO2/c1-17-8-13-23(14-18(17)2)28-16-20-9-11-21(12-10-20)25(27)26-19(3)15-22-6-4-5-7-24(22)26/h4-14,19H,15-16H2,1-3H3/t19-/m1/s1. The van der Waals surface area contributed by atoms with Gasteiger partial charge < -0.3 is 9.64 Å². The van der Waals surface area contributed by atoms with Crippen LogP contribution in [0.3, 0.4) is 0 Å². The van der Waals surface area contributed by atoms with E-state index < -0.39 is 0 Å². The molecule has 28 heavy (non-hydrogen) atoms. The lowest BCUT2D eigenvalue weighted by Crippen LogP contribution is -2.35. The Morgan fingerprint density at radius 3 is 2.50 bits per heavy atom. The highest BCUT2D eigenvalue weighted by Gasteiger charge is 2.31. The van der Waals surface area contributed by atoms with E-state index in [0.717, 1.165) is 23.4 Å². The van der Waals surface area contributed by atoms with Crippen LogP contribution in [0.5, 0.6) is 5.75 Å². The smallest absolute Gasteiger partial charge is 0.258 e. The third-order valence-corrected chi connectivity index (χ3v) is 5.51. The van der Waals surface area contributed by atoms with Crippen molar-refractivity contribution in [3.63, 3.8) is 0 Å². The van der Waals surface area contributed by atoms with Gasteiger partial charge in [-0.25, -0.2) is 0 Å². The molecular formula is C25H25NO2. The van der Waals surface area contributed by atoms with Crippen LogP contribution in [0.4, 0.5) is 5.69 Å². The van der Waals surface area contributed by atoms with Crippen molar-refractivity contribution in [3.8, 4) is 5.75 Å². The summed E-state index contributed by atoms with van der Waals surface area (Å²) in [5.74, 6) is 0.921. The minimum atomic E-state index is 0.0547. The predicted molar refractivity (Wildman–Crippen MR) is 113 cm³/mol. The van der Waals surface area contributed by atoms with Crippen molar-refractivity contribution in [1.82, 2.24) is 0 Å². The number of amides is 1. The molecule has 1 heterocycles. The van der Waals surface area contributed by atoms with E-state index in [1.165, 1.54) is 16.7 Å². The van der Waals surface area contributed by atoms with Gasteiger partial charge in [-0.2, -0.15) is 0 Å². The zero-order valence-electron chi connectivity index (χ0n) is 16.6. The SMILES string of the molecule is Cc1ccc(OCc2ccc(C(=O)N3c4ccccc4C[C@H]3C)cc2)cc1C. The molecule has 0 aromatic heterocycles. The molecule has 0 spiro atoms. The zero-order valence-corrected chi connectivity index (χ0v) is 16.6. The molecule has 3 aromatic carbocycles. The number of para-hydroxylation sites is 1. The van der Waals surface area contributed by atoms with E-state index in [1.54, 1.807) is 0 Å². The highest BCUT2D eigenvalue weighted by atomic mass is 16.5. The van der Waals surface area contributed by atoms with E-state index in [2.05, 4.69) is 39.0 Å². The maximum Gasteiger partial charge on any atom is 0.258 e. The molecular weight excluding hydrogens is 346 g/mol. The topological polar surface area (TPSA) is 29.5 Å². The maximum atomic E-state index is 13.1. The highest BCUT2D eigenvalue weighted by molar-refractivity contribution is 6.07. The van der Waals surface area contributed by atoms with Gasteiger partial charge in [-0.15, -0.1) is 0 Å². The molecule has 0 radical (unpaired) electrons. The van der Waals surface area contributed by atoms with Gasteiger partial charge in [0.25, 0.3) is 5.91 Å². The van der Waals surface area contributed by atoms with Gasteiger partial charge in [0.1, 0.15) is 12.4 Å². The van der Waals surface area contributed by atoms with E-state index in [4.69, 9.17) is 4.74 Å². The number of hydrogen-bond donors (Lipinski definition) is 0. The fourth-order valence-electron chi connectivity index (χ4n) is 3.73. The number of rotatable bonds is 4. The largest absolute Gasteiger partial charge is 0.489 e. The van der Waals surface area contributed by atoms with Gasteiger partial charge in [0.15, 0.2) is 0 Å². The first-order valence-electron chi connectivity index (χ1n) is 9.73. The van der Waals surface area contributed by atoms with E-state index in [-0.39, 0.29) is 11.9 Å². The zero-order chi connectivity index (χ0) is 19.7. The van der Waals surface area contributed by atoms with Crippen LogP contribution in [0.15, 0.2) is 66.7 Å². The van der Waals surface area contributed by atoms with E-state index in [9.17, 15) is 4.79 Å². The summed E-state index contributed by atoms with van der Waals surface area (Å²) in [6.07, 6.45) is 0.907. The van der Waals surface area contributed by atoms with Gasteiger partial charge >= 0.3 is 0 Å². The molecule has 3 nitrogen and oxygen atoms in total. The van der Waals surface area contributed by atoms with Crippen LogP contribution in [0.25, 0.3) is 0 Å². The Hall–Kier alpha value is -3.07. The number of carbonyl (C=O) groups is 1. The summed E-state index contributed by atoms with van der Waals surface area (Å²) in [6, 6.07) is 22.2. The Morgan fingerprint density at radius 2 is 1.75 bits per heavy atom. The fraction of sp³-hybridized carbons (Fsp3) is 0.240. The van der Waals surface area contributed by atoms with Gasteiger partial charge in [-0.1, -0.05) is 36.4 Å². The van der Waals surface area contributed by atoms with Crippen LogP contribution in [0.1, 0.15) is 39.5 Å². The number of nitrogens with zero attached hydrogens (tertiary/aromatic N) is 1. The Bertz CT molecular complexity index is 1010. The quantitative estimate of drug-likeness (QED) is 0.608. The summed E-state index contributed by atoms with van der Waals surface area (Å²) < 4.78 is 5.90. The summed E-state index contributed by atoms with van der Waals surface area (Å²) in [5, 5.41) is 0. The number of anilines is 1. The molecule has 0 saturated heterocycles. The molecule has 0 fully saturated rings. The molecule has 1 atom stereocenters. The minimum Gasteiger partial charge on any atom is -0.489 e. The van der Waals surface area contributed by atoms with Gasteiger partial charge in [-0.3, -0.25) is 4.79 Å². The van der Waals surface area contributed by atoms with Crippen LogP contribution in [-0.4, -0.2) is 11.9 Å². The lowest BCUT2D eigenvalue weighted by Gasteiger charge is -2.23. The number of carbonyl (C=O) groups excluding carboxylic acids is 1. The van der Waals surface area contributed by atoms with Crippen molar-refractivity contribution < 1.29 is 9.53 Å². The second-order valence-electron chi connectivity index (χ2n) is 7.59. The first-order chi connectivity index (χ1) is 13.5. The van der Waals surface area contributed by atoms with Crippen molar-refractivity contribution >= 4 is 11.6 Å². The van der Waals surface area contributed by atoms with Gasteiger partial charge in [0.2, 0.25) is 0 Å². The van der Waals surface area contributed by atoms with Crippen LogP contribution < -0.4 is 9.64 Å². The molecule has 0 N–H and O–H groups in total. The van der Waals surface area contributed by atoms with Crippen molar-refractivity contribution in [2.45, 2.75) is 39.8 Å². The Labute approximate surface area is 166 Å². The van der Waals surface area contributed by atoms with Gasteiger partial charge in [0, 0.05) is 17.3 Å². The summed E-state index contributed by atoms with van der Waals surface area (Å²) in [4.78, 5) is 15.0. The highest BCUT2D eigenvalue weighted by Crippen LogP contribution is 2.33. The molecule has 0 unspecified atom stereocenters. The van der Waals surface area contributed by atoms with Crippen molar-refractivity contribution in [3.05, 3.63) is 94.5 Å². The van der Waals surface area contributed by atoms with Crippen LogP contribution >= 0.6 is 0 Å². The second kappa shape index (κ2) is 7.51. The van der Waals surface area contributed by atoms with Crippen LogP contribution in [-0.2, 0) is 13.0 Å². The Morgan fingerprint density at radius 1 is 1.00 bits per heavy atom. The number of aryl methyl sites for hydroxylation is 2. The third-order valence-electron chi connectivity index (χ3n) is 5.51. The molecule has 0 aliphatic carbocycles. The Balaban J connectivity index is 1.46. The normalized spacial score (nSPS) is 15.4. The lowest BCUT2D eigenvalue weighted by molar-refractivity contribution is 0.0981. The average molecular weight is 371 g/mol. The molecule has 4 rings (SSSR count). The van der Waals surface area contributed by atoms with E-state index in [1.807, 2.05) is 53.4 Å². The average Bonchev–Trinajstić information content (AvgIpc) is 3.04. The molecule has 1 aliphatic heterocycles. The molecule has 1 amide bonds. The molecule has 3 heteroatoms. The van der Waals surface area contributed by atoms with Crippen LogP contribution in [0, 0.1) is 13.8 Å². The summed E-state index contributed by atoms with van der Waals surface area (Å²) in [5.41, 5.74) is 6.50. The number of benzene rings is 3. The van der Waals surface area contributed by atoms with Crippen molar-refractivity contribution in [2.75, 3.05) is 4.90 Å². The van der Waals surface area contributed by atoms with Crippen molar-refractivity contribution in [1.29, 1.82) is 0 Å². The molecule has 0 bridgehead atoms. The monoisotopic (exact) mass is 371 g/mol. The molecule has 1 aliphatic rings. The van der Waals surface area contributed by atoms with E-state index >= 15 is 0 Å². The molecule has 3 aromatic rings. The third kappa shape index (κ3) is 3.53. The number of ether oxygens (including phenoxy) is 1. The van der Waals surface area contributed by atoms with Gasteiger partial charge in [0.05, 0.1) is 0 Å². The summed E-state index contributed by atoms with van der Waals surface area (Å²) in [7, 11) is 0. The fourth-order valence-corrected chi connectivity index (χ4v) is 3.73. The summed E-state index contributed by atoms with van der Waals surface area (Å²) in [6.45, 7) is 6.76. The first-order valence-corrected chi connectivity index (χ1v) is 9.73. The molecule has 0 saturated carbocycles. The van der Waals surface area contributed by atoms with E-state index in [0.29, 0.717) is 12.2 Å². The number of fused-ring (bicyclic) bond motifs is 1. The van der Waals surface area contributed by atoms with Crippen LogP contribution in [0.2, 0.25) is 0 Å². The second-order valence-corrected chi connectivity index (χ2v) is 7.59. The van der Waals surface area contributed by atoms with Gasteiger partial charge in [-0.05, 0) is 79.8 Å². The lowest BCUT2D eigenvalue weighted by atomic mass is 10.1. The summed E-state index contributed by atoms with van der Waals surface area (Å²) >= 11 is 0. The molecule has 142 valence electrons. The van der Waals surface area contributed by atoms with Crippen molar-refractivity contribution in [2.24, 2.45) is 0 Å². The minimum absolute atomic E-state index is 0.0547.